The molecule has 2 fully saturated rings. The van der Waals surface area contributed by atoms with Crippen LogP contribution >= 0.6 is 0 Å². The maximum Gasteiger partial charge on any atom is 0.347 e. The highest BCUT2D eigenvalue weighted by Crippen LogP contribution is 2.42. The van der Waals surface area contributed by atoms with Gasteiger partial charge < -0.3 is 9.47 Å². The van der Waals surface area contributed by atoms with Crippen LogP contribution < -0.4 is 14.4 Å². The number of rotatable bonds is 4. The second-order valence-corrected chi connectivity index (χ2v) is 7.73. The standard InChI is InChI=1S/C23H23NO5/c1-14-7-12-17-19(13-14)22(26)24(21(17)25)15-8-10-16(11-9-15)29-23(27)18-5-3-4-6-20(18)28-2/h3-6,8-11,14,17,19H,7,12-13H2,1-2H3/t14-,17+,19-/m1/s1. The Labute approximate surface area is 169 Å². The van der Waals surface area contributed by atoms with Gasteiger partial charge in [-0.05, 0) is 61.6 Å². The summed E-state index contributed by atoms with van der Waals surface area (Å²) in [5, 5.41) is 0. The zero-order valence-electron chi connectivity index (χ0n) is 16.5. The van der Waals surface area contributed by atoms with E-state index in [1.54, 1.807) is 48.5 Å². The molecule has 2 aromatic rings. The molecular formula is C23H23NO5. The number of para-hydroxylation sites is 1. The van der Waals surface area contributed by atoms with Gasteiger partial charge in [0.25, 0.3) is 0 Å². The Bertz CT molecular complexity index is 952. The van der Waals surface area contributed by atoms with Crippen LogP contribution in [0.15, 0.2) is 48.5 Å². The number of methoxy groups -OCH3 is 1. The molecule has 0 spiro atoms. The van der Waals surface area contributed by atoms with Gasteiger partial charge >= 0.3 is 5.97 Å². The quantitative estimate of drug-likeness (QED) is 0.448. The van der Waals surface area contributed by atoms with Gasteiger partial charge in [-0.3, -0.25) is 14.5 Å². The number of hydrogen-bond donors (Lipinski definition) is 0. The molecule has 1 heterocycles. The Morgan fingerprint density at radius 3 is 2.38 bits per heavy atom. The highest BCUT2D eigenvalue weighted by Gasteiger charge is 2.49. The Hall–Kier alpha value is -3.15. The summed E-state index contributed by atoms with van der Waals surface area (Å²) in [5.74, 6) is 0.0225. The van der Waals surface area contributed by atoms with Gasteiger partial charge in [-0.25, -0.2) is 4.79 Å². The number of anilines is 1. The molecule has 3 atom stereocenters. The van der Waals surface area contributed by atoms with Crippen molar-refractivity contribution in [3.05, 3.63) is 54.1 Å². The van der Waals surface area contributed by atoms with Crippen molar-refractivity contribution in [2.45, 2.75) is 26.2 Å². The fraction of sp³-hybridized carbons (Fsp3) is 0.348. The van der Waals surface area contributed by atoms with Crippen LogP contribution in [0.5, 0.6) is 11.5 Å². The van der Waals surface area contributed by atoms with Gasteiger partial charge in [0.15, 0.2) is 0 Å². The first-order valence-electron chi connectivity index (χ1n) is 9.82. The predicted molar refractivity (Wildman–Crippen MR) is 107 cm³/mol. The number of carbonyl (C=O) groups is 3. The minimum absolute atomic E-state index is 0.120. The van der Waals surface area contributed by atoms with Crippen LogP contribution in [-0.2, 0) is 9.59 Å². The third-order valence-corrected chi connectivity index (χ3v) is 5.82. The SMILES string of the molecule is COc1ccccc1C(=O)Oc1ccc(N2C(=O)[C@H]3CC[C@@H](C)C[C@H]3C2=O)cc1. The highest BCUT2D eigenvalue weighted by molar-refractivity contribution is 6.22. The van der Waals surface area contributed by atoms with E-state index in [1.165, 1.54) is 12.0 Å². The molecule has 0 radical (unpaired) electrons. The van der Waals surface area contributed by atoms with Crippen LogP contribution in [0.1, 0.15) is 36.5 Å². The lowest BCUT2D eigenvalue weighted by molar-refractivity contribution is -0.122. The molecule has 0 bridgehead atoms. The van der Waals surface area contributed by atoms with Crippen molar-refractivity contribution in [2.75, 3.05) is 12.0 Å². The fourth-order valence-electron chi connectivity index (χ4n) is 4.28. The second-order valence-electron chi connectivity index (χ2n) is 7.73. The van der Waals surface area contributed by atoms with Crippen molar-refractivity contribution in [2.24, 2.45) is 17.8 Å². The van der Waals surface area contributed by atoms with E-state index in [0.717, 1.165) is 19.3 Å². The van der Waals surface area contributed by atoms with Gasteiger partial charge in [0.05, 0.1) is 24.6 Å². The first-order chi connectivity index (χ1) is 14.0. The molecule has 2 amide bonds. The monoisotopic (exact) mass is 393 g/mol. The predicted octanol–water partition coefficient (Wildman–Crippen LogP) is 3.84. The Balaban J connectivity index is 1.50. The van der Waals surface area contributed by atoms with Gasteiger partial charge in [0.1, 0.15) is 17.1 Å². The van der Waals surface area contributed by atoms with E-state index in [9.17, 15) is 14.4 Å². The fourth-order valence-corrected chi connectivity index (χ4v) is 4.28. The lowest BCUT2D eigenvalue weighted by Crippen LogP contribution is -2.30. The van der Waals surface area contributed by atoms with Crippen molar-refractivity contribution in [1.29, 1.82) is 0 Å². The van der Waals surface area contributed by atoms with Crippen molar-refractivity contribution in [3.8, 4) is 11.5 Å². The molecule has 1 saturated heterocycles. The van der Waals surface area contributed by atoms with Crippen molar-refractivity contribution >= 4 is 23.5 Å². The van der Waals surface area contributed by atoms with Crippen LogP contribution in [0, 0.1) is 17.8 Å². The third-order valence-electron chi connectivity index (χ3n) is 5.82. The summed E-state index contributed by atoms with van der Waals surface area (Å²) in [6, 6.07) is 13.3. The van der Waals surface area contributed by atoms with E-state index >= 15 is 0 Å². The second kappa shape index (κ2) is 7.70. The highest BCUT2D eigenvalue weighted by atomic mass is 16.5. The average Bonchev–Trinajstić information content (AvgIpc) is 2.98. The number of esters is 1. The van der Waals surface area contributed by atoms with Crippen molar-refractivity contribution in [3.63, 3.8) is 0 Å². The molecule has 6 heteroatoms. The molecule has 1 aliphatic heterocycles. The number of carbonyl (C=O) groups excluding carboxylic acids is 3. The topological polar surface area (TPSA) is 72.9 Å². The van der Waals surface area contributed by atoms with Crippen LogP contribution in [0.25, 0.3) is 0 Å². The number of imide groups is 1. The maximum atomic E-state index is 12.8. The Morgan fingerprint density at radius 2 is 1.66 bits per heavy atom. The van der Waals surface area contributed by atoms with Gasteiger partial charge in [0.2, 0.25) is 11.8 Å². The number of benzene rings is 2. The van der Waals surface area contributed by atoms with E-state index in [0.29, 0.717) is 28.7 Å². The first kappa shape index (κ1) is 19.2. The van der Waals surface area contributed by atoms with Gasteiger partial charge in [-0.1, -0.05) is 19.1 Å². The van der Waals surface area contributed by atoms with Crippen LogP contribution in [0.2, 0.25) is 0 Å². The summed E-state index contributed by atoms with van der Waals surface area (Å²) in [4.78, 5) is 39.3. The first-order valence-corrected chi connectivity index (χ1v) is 9.82. The molecule has 0 N–H and O–H groups in total. The van der Waals surface area contributed by atoms with Crippen molar-refractivity contribution in [1.82, 2.24) is 0 Å². The number of amides is 2. The average molecular weight is 393 g/mol. The van der Waals surface area contributed by atoms with E-state index in [2.05, 4.69) is 6.92 Å². The summed E-state index contributed by atoms with van der Waals surface area (Å²) in [7, 11) is 1.49. The minimum Gasteiger partial charge on any atom is -0.496 e. The van der Waals surface area contributed by atoms with Crippen LogP contribution in [0.4, 0.5) is 5.69 Å². The molecule has 29 heavy (non-hydrogen) atoms. The lowest BCUT2D eigenvalue weighted by Gasteiger charge is -2.25. The molecule has 6 nitrogen and oxygen atoms in total. The van der Waals surface area contributed by atoms with Crippen molar-refractivity contribution < 1.29 is 23.9 Å². The van der Waals surface area contributed by atoms with Gasteiger partial charge in [-0.15, -0.1) is 0 Å². The Kier molecular flexibility index (Phi) is 5.09. The molecule has 150 valence electrons. The minimum atomic E-state index is -0.538. The molecule has 1 saturated carbocycles. The molecule has 0 unspecified atom stereocenters. The summed E-state index contributed by atoms with van der Waals surface area (Å²) in [6.07, 6.45) is 2.51. The molecule has 2 aliphatic rings. The maximum absolute atomic E-state index is 12.8. The largest absolute Gasteiger partial charge is 0.496 e. The summed E-state index contributed by atoms with van der Waals surface area (Å²) < 4.78 is 10.6. The number of nitrogens with zero attached hydrogens (tertiary/aromatic N) is 1. The zero-order chi connectivity index (χ0) is 20.5. The van der Waals surface area contributed by atoms with Gasteiger partial charge in [-0.2, -0.15) is 0 Å². The number of ether oxygens (including phenoxy) is 2. The molecular weight excluding hydrogens is 370 g/mol. The molecule has 2 aromatic carbocycles. The van der Waals surface area contributed by atoms with Crippen LogP contribution in [0.3, 0.4) is 0 Å². The zero-order valence-corrected chi connectivity index (χ0v) is 16.5. The molecule has 0 aromatic heterocycles. The molecule has 4 rings (SSSR count). The van der Waals surface area contributed by atoms with Gasteiger partial charge in [0, 0.05) is 0 Å². The summed E-state index contributed by atoms with van der Waals surface area (Å²) in [5.41, 5.74) is 0.835. The van der Waals surface area contributed by atoms with E-state index in [1.807, 2.05) is 0 Å². The summed E-state index contributed by atoms with van der Waals surface area (Å²) in [6.45, 7) is 2.13. The van der Waals surface area contributed by atoms with E-state index < -0.39 is 5.97 Å². The van der Waals surface area contributed by atoms with E-state index in [4.69, 9.17) is 9.47 Å². The number of hydrogen-bond acceptors (Lipinski definition) is 5. The van der Waals surface area contributed by atoms with E-state index in [-0.39, 0.29) is 23.7 Å². The third kappa shape index (κ3) is 3.50. The normalized spacial score (nSPS) is 23.7. The molecule has 1 aliphatic carbocycles. The smallest absolute Gasteiger partial charge is 0.347 e. The summed E-state index contributed by atoms with van der Waals surface area (Å²) >= 11 is 0. The lowest BCUT2D eigenvalue weighted by atomic mass is 9.76. The Morgan fingerprint density at radius 1 is 0.966 bits per heavy atom. The van der Waals surface area contributed by atoms with Crippen LogP contribution in [-0.4, -0.2) is 24.9 Å². The number of fused-ring (bicyclic) bond motifs is 1.